The number of aromatic nitrogens is 5. The van der Waals surface area contributed by atoms with Crippen molar-refractivity contribution in [2.45, 2.75) is 24.9 Å². The summed E-state index contributed by atoms with van der Waals surface area (Å²) in [6.07, 6.45) is 1.28. The van der Waals surface area contributed by atoms with Crippen molar-refractivity contribution in [2.75, 3.05) is 13.4 Å². The molecule has 1 aliphatic carbocycles. The SMILES string of the molecule is OCC1OC(n2cnc3c(/N=C4/c5ccccc5-c5c6c(cc7c(O)[nH]c4c57)OCO6)ncnc32)CC1O. The van der Waals surface area contributed by atoms with Crippen molar-refractivity contribution in [3.8, 4) is 28.5 Å². The predicted molar refractivity (Wildman–Crippen MR) is 134 cm³/mol. The normalized spacial score (nSPS) is 22.6. The molecule has 1 fully saturated rings. The van der Waals surface area contributed by atoms with E-state index in [0.717, 1.165) is 22.1 Å². The number of ether oxygens (including phenoxy) is 3. The van der Waals surface area contributed by atoms with E-state index in [1.54, 1.807) is 17.0 Å². The molecule has 12 nitrogen and oxygen atoms in total. The molecule has 3 aromatic heterocycles. The van der Waals surface area contributed by atoms with Gasteiger partial charge in [0, 0.05) is 28.3 Å². The molecule has 0 radical (unpaired) electrons. The smallest absolute Gasteiger partial charge is 0.231 e. The standard InChI is InChI=1S/C26H20N6O6/c33-7-16-14(34)6-17(38-16)32-9-29-22-24(27-8-28-25(22)32)30-20-12-4-2-1-3-11(12)19-18-13(26(35)31-21(18)20)5-15-23(19)37-10-36-15/h1-5,8-9,14,16-17,31,33-35H,6-7,10H2/b30-20-. The largest absolute Gasteiger partial charge is 0.494 e. The van der Waals surface area contributed by atoms with E-state index in [9.17, 15) is 15.3 Å². The third-order valence-corrected chi connectivity index (χ3v) is 7.35. The van der Waals surface area contributed by atoms with Gasteiger partial charge in [0.15, 0.2) is 34.4 Å². The second-order valence-electron chi connectivity index (χ2n) is 9.40. The minimum Gasteiger partial charge on any atom is -0.494 e. The number of aliphatic imine (C=N–C) groups is 1. The Morgan fingerprint density at radius 1 is 1.13 bits per heavy atom. The van der Waals surface area contributed by atoms with Gasteiger partial charge in [0.05, 0.1) is 30.4 Å². The summed E-state index contributed by atoms with van der Waals surface area (Å²) in [6.45, 7) is -0.170. The summed E-state index contributed by atoms with van der Waals surface area (Å²) in [5, 5.41) is 31.9. The number of H-pyrrole nitrogens is 1. The van der Waals surface area contributed by atoms with Crippen LogP contribution in [0.3, 0.4) is 0 Å². The second kappa shape index (κ2) is 7.74. The first-order valence-corrected chi connectivity index (χ1v) is 12.1. The van der Waals surface area contributed by atoms with Crippen molar-refractivity contribution in [3.05, 3.63) is 54.2 Å². The molecule has 0 bridgehead atoms. The molecule has 4 N–H and O–H groups in total. The maximum atomic E-state index is 10.8. The average Bonchev–Trinajstić information content (AvgIpc) is 3.72. The van der Waals surface area contributed by atoms with Crippen LogP contribution in [0.4, 0.5) is 5.82 Å². The van der Waals surface area contributed by atoms with Crippen molar-refractivity contribution in [1.29, 1.82) is 0 Å². The first-order valence-electron chi connectivity index (χ1n) is 12.1. The second-order valence-corrected chi connectivity index (χ2v) is 9.40. The van der Waals surface area contributed by atoms with E-state index in [0.29, 0.717) is 51.7 Å². The number of hydrogen-bond acceptors (Lipinski definition) is 10. The highest BCUT2D eigenvalue weighted by Crippen LogP contribution is 2.53. The van der Waals surface area contributed by atoms with E-state index in [2.05, 4.69) is 19.9 Å². The van der Waals surface area contributed by atoms with Crippen LogP contribution in [-0.4, -0.2) is 71.1 Å². The number of hydrogen-bond donors (Lipinski definition) is 4. The number of nitrogens with zero attached hydrogens (tertiary/aromatic N) is 5. The Balaban J connectivity index is 1.33. The zero-order chi connectivity index (χ0) is 25.5. The molecule has 2 aromatic carbocycles. The number of rotatable bonds is 3. The predicted octanol–water partition coefficient (Wildman–Crippen LogP) is 2.53. The fourth-order valence-electron chi connectivity index (χ4n) is 5.62. The number of nitrogens with one attached hydrogen (secondary N) is 1. The van der Waals surface area contributed by atoms with Gasteiger partial charge in [-0.05, 0) is 11.6 Å². The third-order valence-electron chi connectivity index (χ3n) is 7.35. The highest BCUT2D eigenvalue weighted by atomic mass is 16.7. The summed E-state index contributed by atoms with van der Waals surface area (Å²) in [7, 11) is 0. The Bertz CT molecular complexity index is 1810. The van der Waals surface area contributed by atoms with Gasteiger partial charge in [-0.3, -0.25) is 4.57 Å². The van der Waals surface area contributed by atoms with E-state index < -0.39 is 18.4 Å². The Kier molecular flexibility index (Phi) is 4.39. The van der Waals surface area contributed by atoms with E-state index >= 15 is 0 Å². The van der Waals surface area contributed by atoms with Crippen LogP contribution < -0.4 is 9.47 Å². The van der Waals surface area contributed by atoms with Gasteiger partial charge >= 0.3 is 0 Å². The van der Waals surface area contributed by atoms with Crippen molar-refractivity contribution >= 4 is 33.5 Å². The Hall–Kier alpha value is -4.52. The first-order chi connectivity index (χ1) is 18.6. The number of fused-ring (bicyclic) bond motifs is 5. The number of benzene rings is 2. The summed E-state index contributed by atoms with van der Waals surface area (Å²) in [5.74, 6) is 1.55. The molecule has 3 unspecified atom stereocenters. The van der Waals surface area contributed by atoms with Crippen molar-refractivity contribution in [1.82, 2.24) is 24.5 Å². The number of aromatic amines is 1. The molecule has 5 aromatic rings. The van der Waals surface area contributed by atoms with Gasteiger partial charge in [-0.25, -0.2) is 19.9 Å². The van der Waals surface area contributed by atoms with E-state index in [4.69, 9.17) is 19.2 Å². The van der Waals surface area contributed by atoms with Gasteiger partial charge < -0.3 is 34.5 Å². The van der Waals surface area contributed by atoms with Crippen LogP contribution >= 0.6 is 0 Å². The minimum atomic E-state index is -0.790. The number of aliphatic hydroxyl groups is 2. The van der Waals surface area contributed by atoms with Gasteiger partial charge in [0.25, 0.3) is 0 Å². The molecule has 3 atom stereocenters. The van der Waals surface area contributed by atoms with Gasteiger partial charge in [0.2, 0.25) is 6.79 Å². The maximum absolute atomic E-state index is 10.8. The summed E-state index contributed by atoms with van der Waals surface area (Å²) in [6, 6.07) is 9.57. The fraction of sp³-hybridized carbons (Fsp3) is 0.231. The van der Waals surface area contributed by atoms with Gasteiger partial charge in [-0.1, -0.05) is 24.3 Å². The lowest BCUT2D eigenvalue weighted by molar-refractivity contribution is -0.0432. The minimum absolute atomic E-state index is 0.00236. The molecule has 3 aliphatic rings. The topological polar surface area (TPSA) is 160 Å². The quantitative estimate of drug-likeness (QED) is 0.279. The zero-order valence-electron chi connectivity index (χ0n) is 19.7. The van der Waals surface area contributed by atoms with Crippen LogP contribution in [0.5, 0.6) is 17.4 Å². The van der Waals surface area contributed by atoms with E-state index in [-0.39, 0.29) is 19.3 Å². The number of aromatic hydroxyl groups is 1. The molecular formula is C26H20N6O6. The lowest BCUT2D eigenvalue weighted by Crippen LogP contribution is -2.24. The zero-order valence-corrected chi connectivity index (χ0v) is 19.7. The van der Waals surface area contributed by atoms with Crippen molar-refractivity contribution in [3.63, 3.8) is 0 Å². The summed E-state index contributed by atoms with van der Waals surface area (Å²) < 4.78 is 19.0. The molecule has 5 heterocycles. The first kappa shape index (κ1) is 21.6. The summed E-state index contributed by atoms with van der Waals surface area (Å²) >= 11 is 0. The molecule has 1 saturated heterocycles. The van der Waals surface area contributed by atoms with Crippen LogP contribution in [0.15, 0.2) is 48.0 Å². The van der Waals surface area contributed by atoms with E-state index in [1.165, 1.54) is 6.33 Å². The molecule has 2 aliphatic heterocycles. The third kappa shape index (κ3) is 2.84. The van der Waals surface area contributed by atoms with E-state index in [1.807, 2.05) is 24.3 Å². The number of imidazole rings is 1. The van der Waals surface area contributed by atoms with Crippen LogP contribution in [0.1, 0.15) is 23.9 Å². The fourth-order valence-corrected chi connectivity index (χ4v) is 5.62. The maximum Gasteiger partial charge on any atom is 0.231 e. The molecule has 0 saturated carbocycles. The van der Waals surface area contributed by atoms with Gasteiger partial charge in [0.1, 0.15) is 18.7 Å². The average molecular weight is 512 g/mol. The Morgan fingerprint density at radius 2 is 2.00 bits per heavy atom. The van der Waals surface area contributed by atoms with Crippen LogP contribution in [0, 0.1) is 0 Å². The Labute approximate surface area is 213 Å². The lowest BCUT2D eigenvalue weighted by atomic mass is 9.85. The molecule has 8 rings (SSSR count). The monoisotopic (exact) mass is 512 g/mol. The highest BCUT2D eigenvalue weighted by Gasteiger charge is 2.36. The van der Waals surface area contributed by atoms with Crippen LogP contribution in [-0.2, 0) is 4.74 Å². The molecule has 38 heavy (non-hydrogen) atoms. The summed E-state index contributed by atoms with van der Waals surface area (Å²) in [5.41, 5.74) is 4.71. The van der Waals surface area contributed by atoms with Crippen molar-refractivity contribution < 1.29 is 29.5 Å². The highest BCUT2D eigenvalue weighted by molar-refractivity contribution is 6.30. The molecule has 190 valence electrons. The van der Waals surface area contributed by atoms with Crippen molar-refractivity contribution in [2.24, 2.45) is 4.99 Å². The molecule has 12 heteroatoms. The molecular weight excluding hydrogens is 492 g/mol. The summed E-state index contributed by atoms with van der Waals surface area (Å²) in [4.78, 5) is 21.4. The molecule has 0 spiro atoms. The van der Waals surface area contributed by atoms with Gasteiger partial charge in [-0.2, -0.15) is 0 Å². The Morgan fingerprint density at radius 3 is 2.84 bits per heavy atom. The number of aliphatic hydroxyl groups excluding tert-OH is 2. The lowest BCUT2D eigenvalue weighted by Gasteiger charge is -2.20. The molecule has 0 amide bonds. The van der Waals surface area contributed by atoms with Crippen LogP contribution in [0.2, 0.25) is 0 Å². The van der Waals surface area contributed by atoms with Crippen LogP contribution in [0.25, 0.3) is 33.1 Å². The van der Waals surface area contributed by atoms with Gasteiger partial charge in [-0.15, -0.1) is 0 Å².